The largest absolute Gasteiger partial charge is 0.452 e. The summed E-state index contributed by atoms with van der Waals surface area (Å²) in [5, 5.41) is 13.2. The molecule has 1 aliphatic rings. The number of hydrogen-bond donors (Lipinski definition) is 1. The third kappa shape index (κ3) is 3.74. The van der Waals surface area contributed by atoms with E-state index in [9.17, 15) is 19.7 Å². The van der Waals surface area contributed by atoms with Crippen molar-refractivity contribution in [3.8, 4) is 0 Å². The average Bonchev–Trinajstić information content (AvgIpc) is 3.38. The minimum absolute atomic E-state index is 0.132. The summed E-state index contributed by atoms with van der Waals surface area (Å²) in [5.74, 6) is -1.12. The number of benzene rings is 1. The SMILES string of the molecule is Cc1cc(C(=O)OCC(=O)Nc2cccc([N+](=O)[O-])c2)c(C)n1C1CC1. The molecule has 0 unspecified atom stereocenters. The van der Waals surface area contributed by atoms with Crippen LogP contribution in [0, 0.1) is 24.0 Å². The van der Waals surface area contributed by atoms with Gasteiger partial charge in [0.15, 0.2) is 6.61 Å². The number of rotatable bonds is 6. The number of non-ortho nitro benzene ring substituents is 1. The Kier molecular flexibility index (Phi) is 4.75. The Morgan fingerprint density at radius 2 is 2.04 bits per heavy atom. The lowest BCUT2D eigenvalue weighted by Crippen LogP contribution is -2.21. The molecule has 1 fully saturated rings. The molecule has 1 aliphatic carbocycles. The summed E-state index contributed by atoms with van der Waals surface area (Å²) in [4.78, 5) is 34.4. The number of aryl methyl sites for hydroxylation is 1. The number of ether oxygens (including phenoxy) is 1. The third-order valence-electron chi connectivity index (χ3n) is 4.29. The van der Waals surface area contributed by atoms with Crippen molar-refractivity contribution in [2.24, 2.45) is 0 Å². The number of hydrogen-bond acceptors (Lipinski definition) is 5. The summed E-state index contributed by atoms with van der Waals surface area (Å²) in [7, 11) is 0. The number of esters is 1. The van der Waals surface area contributed by atoms with Crippen molar-refractivity contribution in [3.63, 3.8) is 0 Å². The highest BCUT2D eigenvalue weighted by Crippen LogP contribution is 2.38. The number of nitrogens with zero attached hydrogens (tertiary/aromatic N) is 2. The fraction of sp³-hybridized carbons (Fsp3) is 0.333. The number of carbonyl (C=O) groups excluding carboxylic acids is 2. The first-order chi connectivity index (χ1) is 12.4. The van der Waals surface area contributed by atoms with E-state index in [0.29, 0.717) is 11.6 Å². The van der Waals surface area contributed by atoms with Crippen LogP contribution in [0.4, 0.5) is 11.4 Å². The molecule has 0 atom stereocenters. The molecule has 0 saturated heterocycles. The maximum absolute atomic E-state index is 12.3. The van der Waals surface area contributed by atoms with Crippen LogP contribution >= 0.6 is 0 Å². The summed E-state index contributed by atoms with van der Waals surface area (Å²) in [6.07, 6.45) is 2.22. The number of aromatic nitrogens is 1. The van der Waals surface area contributed by atoms with Crippen LogP contribution in [-0.2, 0) is 9.53 Å². The zero-order valence-corrected chi connectivity index (χ0v) is 14.5. The third-order valence-corrected chi connectivity index (χ3v) is 4.29. The normalized spacial score (nSPS) is 13.3. The minimum atomic E-state index is -0.560. The van der Waals surface area contributed by atoms with Gasteiger partial charge in [-0.3, -0.25) is 14.9 Å². The first kappa shape index (κ1) is 17.7. The molecule has 1 N–H and O–H groups in total. The van der Waals surface area contributed by atoms with Gasteiger partial charge in [-0.1, -0.05) is 6.07 Å². The van der Waals surface area contributed by atoms with Crippen molar-refractivity contribution in [1.29, 1.82) is 0 Å². The Hall–Kier alpha value is -3.16. The molecule has 3 rings (SSSR count). The Bertz CT molecular complexity index is 883. The lowest BCUT2D eigenvalue weighted by Gasteiger charge is -2.08. The highest BCUT2D eigenvalue weighted by atomic mass is 16.6. The minimum Gasteiger partial charge on any atom is -0.452 e. The van der Waals surface area contributed by atoms with Crippen molar-refractivity contribution in [3.05, 3.63) is 57.4 Å². The molecule has 8 heteroatoms. The molecule has 26 heavy (non-hydrogen) atoms. The first-order valence-electron chi connectivity index (χ1n) is 8.26. The molecule has 2 aromatic rings. The van der Waals surface area contributed by atoms with Crippen molar-refractivity contribution >= 4 is 23.3 Å². The summed E-state index contributed by atoms with van der Waals surface area (Å²) >= 11 is 0. The molecular formula is C18H19N3O5. The van der Waals surface area contributed by atoms with Crippen LogP contribution in [0.2, 0.25) is 0 Å². The second-order valence-corrected chi connectivity index (χ2v) is 6.32. The van der Waals surface area contributed by atoms with Crippen LogP contribution < -0.4 is 5.32 Å². The van der Waals surface area contributed by atoms with Gasteiger partial charge in [0.05, 0.1) is 10.5 Å². The van der Waals surface area contributed by atoms with Gasteiger partial charge < -0.3 is 14.6 Å². The van der Waals surface area contributed by atoms with Crippen LogP contribution in [-0.4, -0.2) is 28.0 Å². The number of nitro groups is 1. The molecule has 1 aromatic carbocycles. The second-order valence-electron chi connectivity index (χ2n) is 6.32. The van der Waals surface area contributed by atoms with Gasteiger partial charge >= 0.3 is 5.97 Å². The zero-order valence-electron chi connectivity index (χ0n) is 14.5. The summed E-state index contributed by atoms with van der Waals surface area (Å²) in [5.41, 5.74) is 2.43. The number of nitrogens with one attached hydrogen (secondary N) is 1. The van der Waals surface area contributed by atoms with E-state index < -0.39 is 23.4 Å². The highest BCUT2D eigenvalue weighted by molar-refractivity contribution is 5.96. The molecule has 136 valence electrons. The standard InChI is InChI=1S/C18H19N3O5/c1-11-8-16(12(2)20(11)14-6-7-14)18(23)26-10-17(22)19-13-4-3-5-15(9-13)21(24)25/h3-5,8-9,14H,6-7,10H2,1-2H3,(H,19,22). The highest BCUT2D eigenvalue weighted by Gasteiger charge is 2.28. The molecule has 8 nitrogen and oxygen atoms in total. The van der Waals surface area contributed by atoms with Crippen LogP contribution in [0.25, 0.3) is 0 Å². The van der Waals surface area contributed by atoms with E-state index >= 15 is 0 Å². The predicted molar refractivity (Wildman–Crippen MR) is 94.2 cm³/mol. The van der Waals surface area contributed by atoms with Crippen molar-refractivity contribution in [2.45, 2.75) is 32.7 Å². The number of carbonyl (C=O) groups is 2. The number of amides is 1. The van der Waals surface area contributed by atoms with E-state index in [1.807, 2.05) is 13.8 Å². The maximum atomic E-state index is 12.3. The van der Waals surface area contributed by atoms with Gasteiger partial charge in [0, 0.05) is 35.2 Å². The average molecular weight is 357 g/mol. The van der Waals surface area contributed by atoms with Gasteiger partial charge in [-0.15, -0.1) is 0 Å². The van der Waals surface area contributed by atoms with Crippen LogP contribution in [0.5, 0.6) is 0 Å². The molecule has 0 aliphatic heterocycles. The lowest BCUT2D eigenvalue weighted by molar-refractivity contribution is -0.384. The van der Waals surface area contributed by atoms with Gasteiger partial charge in [-0.2, -0.15) is 0 Å². The zero-order chi connectivity index (χ0) is 18.8. The molecule has 1 aromatic heterocycles. The molecule has 1 saturated carbocycles. The van der Waals surface area contributed by atoms with E-state index in [2.05, 4.69) is 9.88 Å². The van der Waals surface area contributed by atoms with E-state index in [1.165, 1.54) is 24.3 Å². The Balaban J connectivity index is 1.59. The second kappa shape index (κ2) is 6.99. The van der Waals surface area contributed by atoms with E-state index in [0.717, 1.165) is 24.2 Å². The van der Waals surface area contributed by atoms with Crippen LogP contribution in [0.15, 0.2) is 30.3 Å². The smallest absolute Gasteiger partial charge is 0.340 e. The van der Waals surface area contributed by atoms with E-state index in [-0.39, 0.29) is 11.4 Å². The fourth-order valence-corrected chi connectivity index (χ4v) is 2.98. The molecule has 1 amide bonds. The summed E-state index contributed by atoms with van der Waals surface area (Å²) in [6.45, 7) is 3.34. The van der Waals surface area contributed by atoms with Gasteiger partial charge in [-0.25, -0.2) is 4.79 Å². The first-order valence-corrected chi connectivity index (χ1v) is 8.26. The Labute approximate surface area is 149 Å². The fourth-order valence-electron chi connectivity index (χ4n) is 2.98. The van der Waals surface area contributed by atoms with Crippen LogP contribution in [0.1, 0.15) is 40.6 Å². The van der Waals surface area contributed by atoms with Gasteiger partial charge in [-0.05, 0) is 38.8 Å². The molecule has 0 bridgehead atoms. The monoisotopic (exact) mass is 357 g/mol. The van der Waals surface area contributed by atoms with Crippen molar-refractivity contribution in [1.82, 2.24) is 4.57 Å². The van der Waals surface area contributed by atoms with E-state index in [1.54, 1.807) is 6.07 Å². The Morgan fingerprint density at radius 3 is 2.69 bits per heavy atom. The van der Waals surface area contributed by atoms with Crippen molar-refractivity contribution in [2.75, 3.05) is 11.9 Å². The molecular weight excluding hydrogens is 338 g/mol. The van der Waals surface area contributed by atoms with E-state index in [4.69, 9.17) is 4.74 Å². The lowest BCUT2D eigenvalue weighted by atomic mass is 10.2. The Morgan fingerprint density at radius 1 is 1.31 bits per heavy atom. The predicted octanol–water partition coefficient (Wildman–Crippen LogP) is 3.14. The summed E-state index contributed by atoms with van der Waals surface area (Å²) < 4.78 is 7.22. The molecule has 1 heterocycles. The number of nitro benzene ring substituents is 1. The summed E-state index contributed by atoms with van der Waals surface area (Å²) in [6, 6.07) is 7.78. The topological polar surface area (TPSA) is 103 Å². The quantitative estimate of drug-likeness (QED) is 0.486. The van der Waals surface area contributed by atoms with Gasteiger partial charge in [0.1, 0.15) is 0 Å². The van der Waals surface area contributed by atoms with Crippen LogP contribution in [0.3, 0.4) is 0 Å². The molecule has 0 radical (unpaired) electrons. The molecule has 0 spiro atoms. The van der Waals surface area contributed by atoms with Gasteiger partial charge in [0.25, 0.3) is 11.6 Å². The van der Waals surface area contributed by atoms with Gasteiger partial charge in [0.2, 0.25) is 0 Å². The van der Waals surface area contributed by atoms with Crippen molar-refractivity contribution < 1.29 is 19.2 Å². The maximum Gasteiger partial charge on any atom is 0.340 e. The number of anilines is 1.